The van der Waals surface area contributed by atoms with E-state index in [1.165, 1.54) is 24.8 Å². The van der Waals surface area contributed by atoms with E-state index < -0.39 is 0 Å². The van der Waals surface area contributed by atoms with Gasteiger partial charge in [0.1, 0.15) is 0 Å². The van der Waals surface area contributed by atoms with E-state index in [0.717, 1.165) is 19.4 Å². The zero-order valence-corrected chi connectivity index (χ0v) is 13.1. The monoisotopic (exact) mass is 302 g/mol. The minimum Gasteiger partial charge on any atom is -0.396 e. The Morgan fingerprint density at radius 2 is 2.00 bits per heavy atom. The molecular formula is C18H26N2O2. The highest BCUT2D eigenvalue weighted by Crippen LogP contribution is 2.37. The van der Waals surface area contributed by atoms with Gasteiger partial charge in [0.25, 0.3) is 0 Å². The van der Waals surface area contributed by atoms with Crippen molar-refractivity contribution in [2.75, 3.05) is 19.7 Å². The summed E-state index contributed by atoms with van der Waals surface area (Å²) in [7, 11) is 0. The molecule has 1 aliphatic carbocycles. The molecule has 0 spiro atoms. The quantitative estimate of drug-likeness (QED) is 0.898. The minimum absolute atomic E-state index is 0.0268. The minimum atomic E-state index is 0.0268. The van der Waals surface area contributed by atoms with Crippen LogP contribution in [0.4, 0.5) is 4.79 Å². The number of likely N-dealkylation sites (tertiary alicyclic amines) is 1. The third-order valence-electron chi connectivity index (χ3n) is 5.12. The van der Waals surface area contributed by atoms with Crippen LogP contribution < -0.4 is 5.32 Å². The number of carbonyl (C=O) groups is 1. The summed E-state index contributed by atoms with van der Waals surface area (Å²) >= 11 is 0. The largest absolute Gasteiger partial charge is 0.396 e. The lowest BCUT2D eigenvalue weighted by molar-refractivity contribution is 0.123. The van der Waals surface area contributed by atoms with Crippen molar-refractivity contribution < 1.29 is 9.90 Å². The fraction of sp³-hybridized carbons (Fsp3) is 0.611. The van der Waals surface area contributed by atoms with Gasteiger partial charge in [0, 0.05) is 19.7 Å². The highest BCUT2D eigenvalue weighted by Gasteiger charge is 2.31. The maximum atomic E-state index is 12.6. The van der Waals surface area contributed by atoms with Crippen LogP contribution in [0.2, 0.25) is 0 Å². The Labute approximate surface area is 132 Å². The summed E-state index contributed by atoms with van der Waals surface area (Å²) in [6.45, 7) is 1.65. The number of piperidine rings is 1. The van der Waals surface area contributed by atoms with Crippen molar-refractivity contribution in [1.29, 1.82) is 0 Å². The molecule has 2 amide bonds. The first-order valence-corrected chi connectivity index (χ1v) is 8.49. The van der Waals surface area contributed by atoms with E-state index in [2.05, 4.69) is 17.4 Å². The van der Waals surface area contributed by atoms with Gasteiger partial charge in [0.15, 0.2) is 0 Å². The third-order valence-corrected chi connectivity index (χ3v) is 5.12. The standard InChI is InChI=1S/C18H26N2O2/c21-13-14-6-5-11-20(12-14)18(22)19-17(16-9-4-10-16)15-7-2-1-3-8-15/h1-3,7-8,14,16-17,21H,4-6,9-13H2,(H,19,22)/t14-,17-/m1/s1. The number of nitrogens with zero attached hydrogens (tertiary/aromatic N) is 1. The Balaban J connectivity index is 1.66. The van der Waals surface area contributed by atoms with Gasteiger partial charge in [-0.15, -0.1) is 0 Å². The average molecular weight is 302 g/mol. The highest BCUT2D eigenvalue weighted by atomic mass is 16.3. The molecule has 0 radical (unpaired) electrons. The third kappa shape index (κ3) is 3.43. The lowest BCUT2D eigenvalue weighted by Gasteiger charge is -2.38. The van der Waals surface area contributed by atoms with Gasteiger partial charge in [-0.2, -0.15) is 0 Å². The Morgan fingerprint density at radius 3 is 2.64 bits per heavy atom. The molecule has 2 fully saturated rings. The van der Waals surface area contributed by atoms with E-state index in [-0.39, 0.29) is 24.6 Å². The van der Waals surface area contributed by atoms with Crippen LogP contribution in [0.1, 0.15) is 43.7 Å². The molecule has 1 aliphatic heterocycles. The van der Waals surface area contributed by atoms with Gasteiger partial charge >= 0.3 is 6.03 Å². The maximum Gasteiger partial charge on any atom is 0.317 e. The maximum absolute atomic E-state index is 12.6. The van der Waals surface area contributed by atoms with E-state index in [1.54, 1.807) is 0 Å². The van der Waals surface area contributed by atoms with Crippen molar-refractivity contribution in [1.82, 2.24) is 10.2 Å². The lowest BCUT2D eigenvalue weighted by atomic mass is 9.77. The van der Waals surface area contributed by atoms with E-state index in [1.807, 2.05) is 23.1 Å². The van der Waals surface area contributed by atoms with E-state index in [0.29, 0.717) is 12.5 Å². The molecule has 4 nitrogen and oxygen atoms in total. The van der Waals surface area contributed by atoms with Gasteiger partial charge in [0.05, 0.1) is 6.04 Å². The predicted molar refractivity (Wildman–Crippen MR) is 86.4 cm³/mol. The van der Waals surface area contributed by atoms with Crippen molar-refractivity contribution in [2.24, 2.45) is 11.8 Å². The van der Waals surface area contributed by atoms with Crippen molar-refractivity contribution in [2.45, 2.75) is 38.1 Å². The summed E-state index contributed by atoms with van der Waals surface area (Å²) in [5, 5.41) is 12.6. The van der Waals surface area contributed by atoms with Crippen LogP contribution in [-0.4, -0.2) is 35.7 Å². The Kier molecular flexibility index (Phi) is 4.98. The van der Waals surface area contributed by atoms with Gasteiger partial charge in [-0.3, -0.25) is 0 Å². The van der Waals surface area contributed by atoms with Crippen LogP contribution in [0.15, 0.2) is 30.3 Å². The number of aliphatic hydroxyl groups is 1. The fourth-order valence-corrected chi connectivity index (χ4v) is 3.53. The molecule has 2 N–H and O–H groups in total. The lowest BCUT2D eigenvalue weighted by Crippen LogP contribution is -2.48. The Hall–Kier alpha value is -1.55. The molecule has 1 saturated carbocycles. The van der Waals surface area contributed by atoms with Crippen molar-refractivity contribution in [3.63, 3.8) is 0 Å². The first-order chi connectivity index (χ1) is 10.8. The molecule has 1 saturated heterocycles. The molecule has 1 aromatic carbocycles. The number of urea groups is 1. The molecule has 1 heterocycles. The summed E-state index contributed by atoms with van der Waals surface area (Å²) in [6.07, 6.45) is 5.65. The first kappa shape index (κ1) is 15.3. The normalized spacial score (nSPS) is 23.7. The van der Waals surface area contributed by atoms with Gasteiger partial charge in [0.2, 0.25) is 0 Å². The fourth-order valence-electron chi connectivity index (χ4n) is 3.53. The molecule has 22 heavy (non-hydrogen) atoms. The molecular weight excluding hydrogens is 276 g/mol. The van der Waals surface area contributed by atoms with Gasteiger partial charge in [-0.1, -0.05) is 36.8 Å². The number of rotatable bonds is 4. The number of aliphatic hydroxyl groups excluding tert-OH is 1. The summed E-state index contributed by atoms with van der Waals surface area (Å²) < 4.78 is 0. The van der Waals surface area contributed by atoms with Crippen LogP contribution in [0.3, 0.4) is 0 Å². The van der Waals surface area contributed by atoms with Gasteiger partial charge < -0.3 is 15.3 Å². The van der Waals surface area contributed by atoms with Crippen molar-refractivity contribution in [3.8, 4) is 0 Å². The van der Waals surface area contributed by atoms with Gasteiger partial charge in [-0.05, 0) is 43.1 Å². The number of hydrogen-bond acceptors (Lipinski definition) is 2. The second-order valence-electron chi connectivity index (χ2n) is 6.67. The number of hydrogen-bond donors (Lipinski definition) is 2. The molecule has 0 unspecified atom stereocenters. The van der Waals surface area contributed by atoms with E-state index in [9.17, 15) is 9.90 Å². The average Bonchev–Trinajstić information content (AvgIpc) is 2.53. The predicted octanol–water partition coefficient (Wildman–Crippen LogP) is 2.94. The van der Waals surface area contributed by atoms with Crippen LogP contribution in [0.25, 0.3) is 0 Å². The molecule has 3 rings (SSSR count). The molecule has 4 heteroatoms. The van der Waals surface area contributed by atoms with Gasteiger partial charge in [-0.25, -0.2) is 4.79 Å². The van der Waals surface area contributed by atoms with E-state index >= 15 is 0 Å². The van der Waals surface area contributed by atoms with Crippen LogP contribution in [-0.2, 0) is 0 Å². The summed E-state index contributed by atoms with van der Waals surface area (Å²) in [5.41, 5.74) is 1.20. The van der Waals surface area contributed by atoms with Crippen LogP contribution in [0.5, 0.6) is 0 Å². The molecule has 2 aliphatic rings. The number of carbonyl (C=O) groups excluding carboxylic acids is 1. The highest BCUT2D eigenvalue weighted by molar-refractivity contribution is 5.75. The first-order valence-electron chi connectivity index (χ1n) is 8.49. The summed E-state index contributed by atoms with van der Waals surface area (Å²) in [5.74, 6) is 0.795. The smallest absolute Gasteiger partial charge is 0.317 e. The van der Waals surface area contributed by atoms with Crippen LogP contribution >= 0.6 is 0 Å². The Bertz CT molecular complexity index is 487. The number of nitrogens with one attached hydrogen (secondary N) is 1. The molecule has 0 bridgehead atoms. The molecule has 120 valence electrons. The zero-order valence-electron chi connectivity index (χ0n) is 13.1. The second kappa shape index (κ2) is 7.14. The molecule has 2 atom stereocenters. The van der Waals surface area contributed by atoms with Crippen molar-refractivity contribution >= 4 is 6.03 Å². The topological polar surface area (TPSA) is 52.6 Å². The number of benzene rings is 1. The summed E-state index contributed by atoms with van der Waals surface area (Å²) in [4.78, 5) is 14.5. The van der Waals surface area contributed by atoms with E-state index in [4.69, 9.17) is 0 Å². The van der Waals surface area contributed by atoms with Crippen molar-refractivity contribution in [3.05, 3.63) is 35.9 Å². The Morgan fingerprint density at radius 1 is 1.23 bits per heavy atom. The SMILES string of the molecule is O=C(N[C@H](c1ccccc1)C1CCC1)N1CCC[C@@H](CO)C1. The molecule has 1 aromatic rings. The molecule has 0 aromatic heterocycles. The summed E-state index contributed by atoms with van der Waals surface area (Å²) in [6, 6.07) is 10.5. The zero-order chi connectivity index (χ0) is 15.4. The number of amides is 2. The second-order valence-corrected chi connectivity index (χ2v) is 6.67. The van der Waals surface area contributed by atoms with Crippen LogP contribution in [0, 0.1) is 11.8 Å².